The molecule has 0 spiro atoms. The van der Waals surface area contributed by atoms with Crippen LogP contribution in [0.3, 0.4) is 0 Å². The van der Waals surface area contributed by atoms with E-state index in [0.29, 0.717) is 0 Å². The summed E-state index contributed by atoms with van der Waals surface area (Å²) >= 11 is 0. The van der Waals surface area contributed by atoms with Gasteiger partial charge in [-0.3, -0.25) is 0 Å². The molecule has 13 rings (SSSR count). The van der Waals surface area contributed by atoms with Gasteiger partial charge in [-0.25, -0.2) is 0 Å². The number of fused-ring (bicyclic) bond motifs is 20. The number of rotatable bonds is 2. The van der Waals surface area contributed by atoms with Crippen molar-refractivity contribution < 1.29 is 9.15 Å². The minimum atomic E-state index is 0.00736. The zero-order valence-corrected chi connectivity index (χ0v) is 29.4. The Labute approximate surface area is 298 Å². The summed E-state index contributed by atoms with van der Waals surface area (Å²) in [5.74, 6) is 1.67. The van der Waals surface area contributed by atoms with Crippen molar-refractivity contribution in [2.45, 2.75) is 51.6 Å². The number of hydrogen-bond donors (Lipinski definition) is 0. The smallest absolute Gasteiger partial charge is 0.136 e. The first-order chi connectivity index (χ1) is 25.5. The lowest BCUT2D eigenvalue weighted by Gasteiger charge is -2.20. The normalized spacial score (nSPS) is 17.6. The van der Waals surface area contributed by atoms with Crippen LogP contribution in [0.4, 0.5) is 0 Å². The Morgan fingerprint density at radius 3 is 1.79 bits per heavy atom. The van der Waals surface area contributed by atoms with Gasteiger partial charge in [0, 0.05) is 65.3 Å². The van der Waals surface area contributed by atoms with Crippen molar-refractivity contribution in [3.8, 4) is 5.75 Å². The molecule has 2 atom stereocenters. The monoisotopic (exact) mass is 670 g/mol. The lowest BCUT2D eigenvalue weighted by molar-refractivity contribution is 0.269. The predicted molar refractivity (Wildman–Crippen MR) is 217 cm³/mol. The van der Waals surface area contributed by atoms with Gasteiger partial charge in [0.2, 0.25) is 0 Å². The van der Waals surface area contributed by atoms with Gasteiger partial charge in [0.1, 0.15) is 23.0 Å². The molecule has 0 radical (unpaired) electrons. The lowest BCUT2D eigenvalue weighted by Crippen LogP contribution is -2.15. The SMILES string of the molecule is CC(C)c1c2c3c4c(cc5c6ccccc6n(c2c(C(C)C)c2c6c7c(cc8c9ccccc9n(c12)c86)OC1C=CC=CC71)c53)oc1ccccc14. The first-order valence-electron chi connectivity index (χ1n) is 18.8. The molecule has 2 unspecified atom stereocenters. The first kappa shape index (κ1) is 27.7. The van der Waals surface area contributed by atoms with Crippen molar-refractivity contribution in [3.63, 3.8) is 0 Å². The molecular formula is C48H34N2O2. The number of para-hydroxylation sites is 3. The largest absolute Gasteiger partial charge is 0.485 e. The van der Waals surface area contributed by atoms with E-state index in [2.05, 4.69) is 146 Å². The van der Waals surface area contributed by atoms with Gasteiger partial charge in [-0.15, -0.1) is 0 Å². The van der Waals surface area contributed by atoms with E-state index >= 15 is 0 Å². The van der Waals surface area contributed by atoms with Crippen LogP contribution in [0.5, 0.6) is 5.75 Å². The van der Waals surface area contributed by atoms with E-state index in [1.807, 2.05) is 0 Å². The molecule has 4 heteroatoms. The summed E-state index contributed by atoms with van der Waals surface area (Å²) in [5, 5.41) is 12.9. The number of nitrogens with zero attached hydrogens (tertiary/aromatic N) is 2. The van der Waals surface area contributed by atoms with Crippen LogP contribution in [0.25, 0.3) is 98.1 Å². The molecule has 6 heterocycles. The standard InChI is InChI=1S/C48H34N2O2/c1-23(2)37-41-43-39-27-15-7-11-19-33(27)51-35(39)21-29-26-14-6-10-18-32(26)50(45(29)43)48(41)38(24(3)4)42-44-40-28-16-8-12-20-34(28)52-36(40)22-30-25-13-5-9-17-31(25)49(46(30)44)47(37)42/h5-24,27,33H,1-4H3. The second-order valence-corrected chi connectivity index (χ2v) is 15.8. The van der Waals surface area contributed by atoms with Crippen LogP contribution in [0.1, 0.15) is 62.1 Å². The Balaban J connectivity index is 1.43. The van der Waals surface area contributed by atoms with Gasteiger partial charge in [0.15, 0.2) is 0 Å². The molecule has 0 fully saturated rings. The Morgan fingerprint density at radius 1 is 0.519 bits per heavy atom. The van der Waals surface area contributed by atoms with Crippen LogP contribution < -0.4 is 4.74 Å². The molecule has 2 aliphatic rings. The zero-order valence-electron chi connectivity index (χ0n) is 29.4. The summed E-state index contributed by atoms with van der Waals surface area (Å²) in [6.07, 6.45) is 8.93. The van der Waals surface area contributed by atoms with Crippen LogP contribution in [-0.4, -0.2) is 14.9 Å². The lowest BCUT2D eigenvalue weighted by atomic mass is 9.83. The topological polar surface area (TPSA) is 31.2 Å². The summed E-state index contributed by atoms with van der Waals surface area (Å²) in [7, 11) is 0. The Hall–Kier alpha value is -6.00. The van der Waals surface area contributed by atoms with Gasteiger partial charge in [-0.1, -0.05) is 101 Å². The average Bonchev–Trinajstić information content (AvgIpc) is 3.98. The predicted octanol–water partition coefficient (Wildman–Crippen LogP) is 13.1. The Bertz CT molecular complexity index is 3450. The molecule has 0 bridgehead atoms. The second kappa shape index (κ2) is 9.07. The quantitative estimate of drug-likeness (QED) is 0.183. The second-order valence-electron chi connectivity index (χ2n) is 15.8. The van der Waals surface area contributed by atoms with E-state index in [1.54, 1.807) is 0 Å². The molecular weight excluding hydrogens is 637 g/mol. The molecule has 4 nitrogen and oxygen atoms in total. The summed E-state index contributed by atoms with van der Waals surface area (Å²) in [4.78, 5) is 0. The maximum absolute atomic E-state index is 6.85. The van der Waals surface area contributed by atoms with Crippen molar-refractivity contribution in [3.05, 3.63) is 126 Å². The molecule has 0 N–H and O–H groups in total. The number of hydrogen-bond acceptors (Lipinski definition) is 2. The fourth-order valence-corrected chi connectivity index (χ4v) is 10.8. The fraction of sp³-hybridized carbons (Fsp3) is 0.167. The third kappa shape index (κ3) is 2.95. The van der Waals surface area contributed by atoms with E-state index < -0.39 is 0 Å². The molecule has 52 heavy (non-hydrogen) atoms. The van der Waals surface area contributed by atoms with Gasteiger partial charge in [-0.2, -0.15) is 0 Å². The molecule has 6 aromatic carbocycles. The average molecular weight is 671 g/mol. The molecule has 0 amide bonds. The van der Waals surface area contributed by atoms with Crippen molar-refractivity contribution in [1.29, 1.82) is 0 Å². The molecule has 5 aromatic heterocycles. The molecule has 11 aromatic rings. The van der Waals surface area contributed by atoms with E-state index in [9.17, 15) is 0 Å². The van der Waals surface area contributed by atoms with Crippen molar-refractivity contribution in [2.24, 2.45) is 0 Å². The Kier molecular flexibility index (Phi) is 4.83. The highest BCUT2D eigenvalue weighted by atomic mass is 16.5. The Morgan fingerprint density at radius 2 is 1.10 bits per heavy atom. The van der Waals surface area contributed by atoms with E-state index in [1.165, 1.54) is 104 Å². The van der Waals surface area contributed by atoms with Gasteiger partial charge < -0.3 is 18.0 Å². The minimum absolute atomic E-state index is 0.00736. The zero-order chi connectivity index (χ0) is 34.3. The molecule has 248 valence electrons. The van der Waals surface area contributed by atoms with Gasteiger partial charge in [0.25, 0.3) is 0 Å². The van der Waals surface area contributed by atoms with Gasteiger partial charge >= 0.3 is 0 Å². The summed E-state index contributed by atoms with van der Waals surface area (Å²) < 4.78 is 18.9. The molecule has 1 aliphatic carbocycles. The molecule has 0 saturated carbocycles. The minimum Gasteiger partial charge on any atom is -0.485 e. The fourth-order valence-electron chi connectivity index (χ4n) is 10.8. The van der Waals surface area contributed by atoms with E-state index in [-0.39, 0.29) is 23.9 Å². The molecule has 0 saturated heterocycles. The highest BCUT2D eigenvalue weighted by Crippen LogP contribution is 2.57. The van der Waals surface area contributed by atoms with Crippen LogP contribution in [0.2, 0.25) is 0 Å². The van der Waals surface area contributed by atoms with Crippen LogP contribution >= 0.6 is 0 Å². The number of aromatic nitrogens is 2. The van der Waals surface area contributed by atoms with Gasteiger partial charge in [0.05, 0.1) is 33.1 Å². The van der Waals surface area contributed by atoms with E-state index in [4.69, 9.17) is 9.15 Å². The van der Waals surface area contributed by atoms with Crippen LogP contribution in [0.15, 0.2) is 114 Å². The number of ether oxygens (including phenoxy) is 1. The maximum Gasteiger partial charge on any atom is 0.136 e. The van der Waals surface area contributed by atoms with Crippen molar-refractivity contribution >= 4 is 98.1 Å². The highest BCUT2D eigenvalue weighted by Gasteiger charge is 2.39. The summed E-state index contributed by atoms with van der Waals surface area (Å²) in [5.41, 5.74) is 13.9. The summed E-state index contributed by atoms with van der Waals surface area (Å²) in [6, 6.07) is 31.2. The number of benzene rings is 6. The number of allylic oxidation sites excluding steroid dienone is 2. The third-order valence-electron chi connectivity index (χ3n) is 12.6. The third-order valence-corrected chi connectivity index (χ3v) is 12.6. The molecule has 1 aliphatic heterocycles. The highest BCUT2D eigenvalue weighted by molar-refractivity contribution is 6.38. The van der Waals surface area contributed by atoms with Crippen LogP contribution in [-0.2, 0) is 0 Å². The van der Waals surface area contributed by atoms with Crippen molar-refractivity contribution in [2.75, 3.05) is 0 Å². The first-order valence-corrected chi connectivity index (χ1v) is 18.8. The summed E-state index contributed by atoms with van der Waals surface area (Å²) in [6.45, 7) is 9.58. The number of furan rings is 1. The maximum atomic E-state index is 6.85. The van der Waals surface area contributed by atoms with Gasteiger partial charge in [-0.05, 0) is 59.4 Å². The van der Waals surface area contributed by atoms with E-state index in [0.717, 1.165) is 16.9 Å². The van der Waals surface area contributed by atoms with Crippen molar-refractivity contribution in [1.82, 2.24) is 8.80 Å². The van der Waals surface area contributed by atoms with Crippen LogP contribution in [0, 0.1) is 0 Å².